The fourth-order valence-electron chi connectivity index (χ4n) is 1.74. The number of thiazole rings is 1. The molecule has 0 amide bonds. The van der Waals surface area contributed by atoms with Crippen LogP contribution in [-0.2, 0) is 16.6 Å². The van der Waals surface area contributed by atoms with Crippen molar-refractivity contribution in [2.75, 3.05) is 12.8 Å². The van der Waals surface area contributed by atoms with Crippen LogP contribution in [0.4, 0.5) is 5.69 Å². The lowest BCUT2D eigenvalue weighted by Crippen LogP contribution is -2.27. The molecule has 1 aromatic heterocycles. The van der Waals surface area contributed by atoms with Crippen molar-refractivity contribution in [1.82, 2.24) is 9.29 Å². The van der Waals surface area contributed by atoms with E-state index in [1.165, 1.54) is 34.8 Å². The second kappa shape index (κ2) is 5.69. The molecule has 0 radical (unpaired) electrons. The molecule has 0 saturated carbocycles. The predicted molar refractivity (Wildman–Crippen MR) is 81.4 cm³/mol. The Morgan fingerprint density at radius 1 is 1.45 bits per heavy atom. The van der Waals surface area contributed by atoms with Gasteiger partial charge >= 0.3 is 0 Å². The largest absolute Gasteiger partial charge is 0.398 e. The summed E-state index contributed by atoms with van der Waals surface area (Å²) in [6.45, 7) is 2.10. The van der Waals surface area contributed by atoms with Crippen LogP contribution < -0.4 is 5.73 Å². The number of hydrogen-bond donors (Lipinski definition) is 1. The van der Waals surface area contributed by atoms with E-state index in [-0.39, 0.29) is 22.2 Å². The van der Waals surface area contributed by atoms with Gasteiger partial charge in [0.2, 0.25) is 10.0 Å². The maximum Gasteiger partial charge on any atom is 0.246 e. The summed E-state index contributed by atoms with van der Waals surface area (Å²) in [6, 6.07) is 4.64. The van der Waals surface area contributed by atoms with E-state index in [0.717, 1.165) is 9.88 Å². The number of nitrogen functional groups attached to an aromatic ring is 1. The Labute approximate surface area is 127 Å². The van der Waals surface area contributed by atoms with Crippen LogP contribution in [0.3, 0.4) is 0 Å². The number of nitrogens with zero attached hydrogens (tertiary/aromatic N) is 2. The molecule has 2 aromatic rings. The lowest BCUT2D eigenvalue weighted by atomic mass is 10.3. The third-order valence-electron chi connectivity index (χ3n) is 2.71. The molecule has 8 heteroatoms. The smallest absolute Gasteiger partial charge is 0.246 e. The zero-order chi connectivity index (χ0) is 14.9. The molecule has 0 atom stereocenters. The Kier molecular flexibility index (Phi) is 4.33. The number of sulfonamides is 1. The summed E-state index contributed by atoms with van der Waals surface area (Å²) in [4.78, 5) is 4.92. The van der Waals surface area contributed by atoms with Crippen molar-refractivity contribution in [3.8, 4) is 0 Å². The lowest BCUT2D eigenvalue weighted by molar-refractivity contribution is 0.470. The second-order valence-corrected chi connectivity index (χ2v) is 7.97. The topological polar surface area (TPSA) is 76.3 Å². The number of nitrogens with two attached hydrogens (primary N) is 1. The van der Waals surface area contributed by atoms with Gasteiger partial charge in [-0.1, -0.05) is 17.7 Å². The molecule has 5 nitrogen and oxygen atoms in total. The van der Waals surface area contributed by atoms with E-state index in [1.54, 1.807) is 12.3 Å². The minimum atomic E-state index is -3.73. The Morgan fingerprint density at radius 2 is 2.15 bits per heavy atom. The van der Waals surface area contributed by atoms with E-state index in [4.69, 9.17) is 17.3 Å². The van der Waals surface area contributed by atoms with Crippen LogP contribution in [0.25, 0.3) is 0 Å². The molecule has 2 N–H and O–H groups in total. The van der Waals surface area contributed by atoms with Gasteiger partial charge in [0.15, 0.2) is 0 Å². The molecule has 0 unspecified atom stereocenters. The van der Waals surface area contributed by atoms with Crippen LogP contribution in [-0.4, -0.2) is 24.8 Å². The summed E-state index contributed by atoms with van der Waals surface area (Å²) in [5.41, 5.74) is 5.89. The van der Waals surface area contributed by atoms with E-state index < -0.39 is 10.0 Å². The van der Waals surface area contributed by atoms with Crippen LogP contribution in [0.15, 0.2) is 29.3 Å². The molecule has 0 spiro atoms. The SMILES string of the molecule is Cc1ncc(CN(C)S(=O)(=O)c2c(N)cccc2Cl)s1. The summed E-state index contributed by atoms with van der Waals surface area (Å²) in [7, 11) is -2.24. The van der Waals surface area contributed by atoms with Crippen molar-refractivity contribution in [2.45, 2.75) is 18.4 Å². The first-order valence-electron chi connectivity index (χ1n) is 5.74. The maximum atomic E-state index is 12.5. The first-order chi connectivity index (χ1) is 9.32. The highest BCUT2D eigenvalue weighted by molar-refractivity contribution is 7.89. The van der Waals surface area contributed by atoms with Gasteiger partial charge in [-0.25, -0.2) is 13.4 Å². The van der Waals surface area contributed by atoms with E-state index in [2.05, 4.69) is 4.98 Å². The quantitative estimate of drug-likeness (QED) is 0.873. The van der Waals surface area contributed by atoms with Gasteiger partial charge in [-0.05, 0) is 19.1 Å². The first-order valence-corrected chi connectivity index (χ1v) is 8.37. The van der Waals surface area contributed by atoms with E-state index in [0.29, 0.717) is 0 Å². The molecule has 1 heterocycles. The molecule has 108 valence electrons. The fraction of sp³-hybridized carbons (Fsp3) is 0.250. The molecule has 0 saturated heterocycles. The standard InChI is InChI=1S/C12H14ClN3O2S2/c1-8-15-6-9(19-8)7-16(2)20(17,18)12-10(13)4-3-5-11(12)14/h3-6H,7,14H2,1-2H3. The molecule has 1 aromatic carbocycles. The van der Waals surface area contributed by atoms with Gasteiger partial charge in [-0.15, -0.1) is 11.3 Å². The molecular formula is C12H14ClN3O2S2. The average molecular weight is 332 g/mol. The highest BCUT2D eigenvalue weighted by Crippen LogP contribution is 2.30. The Bertz CT molecular complexity index is 708. The summed E-state index contributed by atoms with van der Waals surface area (Å²) in [6.07, 6.45) is 1.67. The number of rotatable bonds is 4. The molecule has 20 heavy (non-hydrogen) atoms. The molecule has 2 rings (SSSR count). The Balaban J connectivity index is 2.35. The third-order valence-corrected chi connectivity index (χ3v) is 5.96. The van der Waals surface area contributed by atoms with Crippen molar-refractivity contribution in [3.05, 3.63) is 39.3 Å². The molecule has 0 bridgehead atoms. The Hall–Kier alpha value is -1.15. The summed E-state index contributed by atoms with van der Waals surface area (Å²) < 4.78 is 26.3. The predicted octanol–water partition coefficient (Wildman–Crippen LogP) is 2.51. The maximum absolute atomic E-state index is 12.5. The van der Waals surface area contributed by atoms with Gasteiger partial charge in [0.1, 0.15) is 4.90 Å². The van der Waals surface area contributed by atoms with Gasteiger partial charge in [-0.3, -0.25) is 0 Å². The number of hydrogen-bond acceptors (Lipinski definition) is 5. The Morgan fingerprint density at radius 3 is 2.70 bits per heavy atom. The van der Waals surface area contributed by atoms with Crippen molar-refractivity contribution in [3.63, 3.8) is 0 Å². The van der Waals surface area contributed by atoms with Crippen molar-refractivity contribution in [2.24, 2.45) is 0 Å². The number of aromatic nitrogens is 1. The van der Waals surface area contributed by atoms with Crippen LogP contribution >= 0.6 is 22.9 Å². The van der Waals surface area contributed by atoms with Gasteiger partial charge in [0.25, 0.3) is 0 Å². The van der Waals surface area contributed by atoms with Crippen LogP contribution in [0.1, 0.15) is 9.88 Å². The van der Waals surface area contributed by atoms with Gasteiger partial charge in [0, 0.05) is 24.7 Å². The fourth-order valence-corrected chi connectivity index (χ4v) is 4.44. The summed E-state index contributed by atoms with van der Waals surface area (Å²) in [5, 5.41) is 1.01. The highest BCUT2D eigenvalue weighted by atomic mass is 35.5. The zero-order valence-electron chi connectivity index (χ0n) is 11.0. The molecule has 0 fully saturated rings. The van der Waals surface area contributed by atoms with E-state index >= 15 is 0 Å². The van der Waals surface area contributed by atoms with Gasteiger partial charge in [0.05, 0.1) is 15.7 Å². The zero-order valence-corrected chi connectivity index (χ0v) is 13.4. The first kappa shape index (κ1) is 15.2. The van der Waals surface area contributed by atoms with Crippen molar-refractivity contribution in [1.29, 1.82) is 0 Å². The third kappa shape index (κ3) is 2.95. The minimum absolute atomic E-state index is 0.0506. The highest BCUT2D eigenvalue weighted by Gasteiger charge is 2.26. The second-order valence-electron chi connectivity index (χ2n) is 4.26. The van der Waals surface area contributed by atoms with Crippen molar-refractivity contribution < 1.29 is 8.42 Å². The lowest BCUT2D eigenvalue weighted by Gasteiger charge is -2.18. The molecule has 0 aliphatic carbocycles. The molecular weight excluding hydrogens is 318 g/mol. The van der Waals surface area contributed by atoms with Crippen LogP contribution in [0.5, 0.6) is 0 Å². The number of anilines is 1. The van der Waals surface area contributed by atoms with E-state index in [1.807, 2.05) is 6.92 Å². The van der Waals surface area contributed by atoms with Crippen LogP contribution in [0, 0.1) is 6.92 Å². The summed E-state index contributed by atoms with van der Waals surface area (Å²) in [5.74, 6) is 0. The monoisotopic (exact) mass is 331 g/mol. The average Bonchev–Trinajstić information content (AvgIpc) is 2.74. The van der Waals surface area contributed by atoms with Gasteiger partial charge in [-0.2, -0.15) is 4.31 Å². The molecule has 0 aliphatic rings. The number of benzene rings is 1. The van der Waals surface area contributed by atoms with Crippen LogP contribution in [0.2, 0.25) is 5.02 Å². The molecule has 0 aliphatic heterocycles. The normalized spacial score (nSPS) is 12.0. The number of aryl methyl sites for hydroxylation is 1. The summed E-state index contributed by atoms with van der Waals surface area (Å²) >= 11 is 7.42. The van der Waals surface area contributed by atoms with Gasteiger partial charge < -0.3 is 5.73 Å². The van der Waals surface area contributed by atoms with Crippen molar-refractivity contribution >= 4 is 38.6 Å². The van der Waals surface area contributed by atoms with E-state index in [9.17, 15) is 8.42 Å². The number of halogens is 1. The minimum Gasteiger partial charge on any atom is -0.398 e.